The number of hydrogen-bond acceptors (Lipinski definition) is 15. The molecule has 19 heteroatoms. The fraction of sp³-hybridized carbons (Fsp3) is 0.952. The second kappa shape index (κ2) is 73.2. The fourth-order valence-electron chi connectivity index (χ4n) is 12.8. The third-order valence-corrected chi connectivity index (χ3v) is 21.3. The lowest BCUT2D eigenvalue weighted by atomic mass is 10.0. The van der Waals surface area contributed by atoms with E-state index >= 15 is 0 Å². The van der Waals surface area contributed by atoms with Crippen molar-refractivity contribution >= 4 is 39.5 Å². The minimum Gasteiger partial charge on any atom is -0.462 e. The van der Waals surface area contributed by atoms with Crippen LogP contribution in [-0.2, 0) is 65.4 Å². The number of aliphatic hydroxyl groups is 1. The van der Waals surface area contributed by atoms with Crippen molar-refractivity contribution in [2.75, 3.05) is 39.6 Å². The maximum absolute atomic E-state index is 13.1. The lowest BCUT2D eigenvalue weighted by molar-refractivity contribution is -0.161. The number of phosphoric acid groups is 2. The number of carbonyl (C=O) groups excluding carboxylic acids is 4. The van der Waals surface area contributed by atoms with Crippen molar-refractivity contribution in [3.8, 4) is 0 Å². The second-order valence-corrected chi connectivity index (χ2v) is 34.2. The molecule has 102 heavy (non-hydrogen) atoms. The van der Waals surface area contributed by atoms with E-state index < -0.39 is 97.5 Å². The smallest absolute Gasteiger partial charge is 0.462 e. The predicted octanol–water partition coefficient (Wildman–Crippen LogP) is 24.9. The Morgan fingerprint density at radius 2 is 0.451 bits per heavy atom. The largest absolute Gasteiger partial charge is 0.472 e. The lowest BCUT2D eigenvalue weighted by Crippen LogP contribution is -2.30. The molecule has 2 unspecified atom stereocenters. The first kappa shape index (κ1) is 100. The summed E-state index contributed by atoms with van der Waals surface area (Å²) in [5.74, 6) is 0.223. The maximum atomic E-state index is 13.1. The molecule has 0 aliphatic carbocycles. The highest BCUT2D eigenvalue weighted by Crippen LogP contribution is 2.45. The topological polar surface area (TPSA) is 237 Å². The van der Waals surface area contributed by atoms with E-state index in [0.29, 0.717) is 25.7 Å². The molecule has 606 valence electrons. The number of ether oxygens (including phenoxy) is 4. The summed E-state index contributed by atoms with van der Waals surface area (Å²) < 4.78 is 68.8. The van der Waals surface area contributed by atoms with Crippen LogP contribution in [0.25, 0.3) is 0 Å². The average molecular weight is 1490 g/mol. The van der Waals surface area contributed by atoms with Gasteiger partial charge in [-0.2, -0.15) is 0 Å². The molecule has 0 heterocycles. The Balaban J connectivity index is 5.24. The van der Waals surface area contributed by atoms with Crippen LogP contribution in [0, 0.1) is 17.8 Å². The van der Waals surface area contributed by atoms with E-state index in [0.717, 1.165) is 108 Å². The lowest BCUT2D eigenvalue weighted by Gasteiger charge is -2.21. The molecule has 3 N–H and O–H groups in total. The molecule has 0 saturated carbocycles. The van der Waals surface area contributed by atoms with Gasteiger partial charge in [-0.1, -0.05) is 382 Å². The van der Waals surface area contributed by atoms with Crippen LogP contribution in [0.2, 0.25) is 0 Å². The van der Waals surface area contributed by atoms with E-state index in [1.807, 2.05) is 0 Å². The third kappa shape index (κ3) is 76.3. The van der Waals surface area contributed by atoms with Crippen molar-refractivity contribution in [1.82, 2.24) is 0 Å². The Bertz CT molecular complexity index is 1970. The third-order valence-electron chi connectivity index (χ3n) is 19.4. The Hall–Kier alpha value is -1.94. The molecule has 0 rings (SSSR count). The zero-order chi connectivity index (χ0) is 75.1. The van der Waals surface area contributed by atoms with Gasteiger partial charge in [0, 0.05) is 25.7 Å². The van der Waals surface area contributed by atoms with Crippen LogP contribution in [0.5, 0.6) is 0 Å². The minimum absolute atomic E-state index is 0.106. The Morgan fingerprint density at radius 1 is 0.265 bits per heavy atom. The number of phosphoric ester groups is 2. The van der Waals surface area contributed by atoms with Crippen molar-refractivity contribution < 1.29 is 80.2 Å². The predicted molar refractivity (Wildman–Crippen MR) is 418 cm³/mol. The molecule has 0 aliphatic rings. The van der Waals surface area contributed by atoms with Gasteiger partial charge >= 0.3 is 39.5 Å². The Morgan fingerprint density at radius 3 is 0.667 bits per heavy atom. The summed E-state index contributed by atoms with van der Waals surface area (Å²) in [6.45, 7) is 12.0. The summed E-state index contributed by atoms with van der Waals surface area (Å²) in [6.07, 6.45) is 62.4. The van der Waals surface area contributed by atoms with E-state index in [9.17, 15) is 43.2 Å². The van der Waals surface area contributed by atoms with Crippen molar-refractivity contribution in [1.29, 1.82) is 0 Å². The number of aliphatic hydroxyl groups excluding tert-OH is 1. The quantitative estimate of drug-likeness (QED) is 0.0222. The second-order valence-electron chi connectivity index (χ2n) is 31.3. The summed E-state index contributed by atoms with van der Waals surface area (Å²) in [6, 6.07) is 0. The van der Waals surface area contributed by atoms with Gasteiger partial charge in [0.05, 0.1) is 26.4 Å². The van der Waals surface area contributed by atoms with Crippen LogP contribution in [0.4, 0.5) is 0 Å². The van der Waals surface area contributed by atoms with Crippen LogP contribution in [0.1, 0.15) is 434 Å². The van der Waals surface area contributed by atoms with E-state index in [1.165, 1.54) is 244 Å². The molecule has 0 fully saturated rings. The van der Waals surface area contributed by atoms with Crippen LogP contribution in [0.3, 0.4) is 0 Å². The number of carbonyl (C=O) groups is 4. The van der Waals surface area contributed by atoms with Crippen molar-refractivity contribution in [3.05, 3.63) is 0 Å². The molecule has 0 bridgehead atoms. The first-order valence-corrected chi connectivity index (χ1v) is 45.8. The summed E-state index contributed by atoms with van der Waals surface area (Å²) in [7, 11) is -9.92. The first-order chi connectivity index (χ1) is 49.2. The number of hydrogen-bond donors (Lipinski definition) is 3. The van der Waals surface area contributed by atoms with Crippen LogP contribution in [0.15, 0.2) is 0 Å². The maximum Gasteiger partial charge on any atom is 0.472 e. The summed E-state index contributed by atoms with van der Waals surface area (Å²) in [4.78, 5) is 73.1. The van der Waals surface area contributed by atoms with Crippen LogP contribution >= 0.6 is 15.6 Å². The van der Waals surface area contributed by atoms with Gasteiger partial charge in [0.2, 0.25) is 0 Å². The number of rotatable bonds is 81. The van der Waals surface area contributed by atoms with E-state index in [4.69, 9.17) is 37.0 Å². The van der Waals surface area contributed by atoms with Crippen molar-refractivity contribution in [2.24, 2.45) is 17.8 Å². The van der Waals surface area contributed by atoms with Crippen molar-refractivity contribution in [3.63, 3.8) is 0 Å². The molecule has 0 aromatic carbocycles. The Labute approximate surface area is 626 Å². The monoisotopic (exact) mass is 1490 g/mol. The molecule has 0 aliphatic heterocycles. The summed E-state index contributed by atoms with van der Waals surface area (Å²) >= 11 is 0. The fourth-order valence-corrected chi connectivity index (χ4v) is 14.4. The van der Waals surface area contributed by atoms with Gasteiger partial charge in [-0.3, -0.25) is 37.3 Å². The highest BCUT2D eigenvalue weighted by Gasteiger charge is 2.30. The van der Waals surface area contributed by atoms with Gasteiger partial charge in [-0.25, -0.2) is 9.13 Å². The standard InChI is InChI=1S/C83H162O17P2/c1-8-9-10-11-12-13-14-15-20-24-27-36-43-50-57-64-80(85)93-70-78(99-82(87)66-59-52-45-38-28-25-22-19-17-16-18-21-23-26-33-40-47-54-61-74(2)3)72-97-101(89,90)95-68-77(84)69-96-102(91,92)98-73-79(100-83(88)67-60-53-46-39-32-30-35-42-49-56-63-76(6)7)71-94-81(86)65-58-51-44-37-31-29-34-41-48-55-62-75(4)5/h74-79,84H,8-73H2,1-7H3,(H,89,90)(H,91,92)/t77-,78-,79-/m1/s1. The van der Waals surface area contributed by atoms with E-state index in [1.54, 1.807) is 0 Å². The van der Waals surface area contributed by atoms with Crippen molar-refractivity contribution in [2.45, 2.75) is 452 Å². The molecule has 0 radical (unpaired) electrons. The molecule has 0 amide bonds. The Kier molecular flexibility index (Phi) is 71.8. The molecule has 0 saturated heterocycles. The van der Waals surface area contributed by atoms with Gasteiger partial charge in [0.1, 0.15) is 19.3 Å². The zero-order valence-electron chi connectivity index (χ0n) is 67.1. The number of esters is 4. The molecular weight excluding hydrogens is 1330 g/mol. The van der Waals surface area contributed by atoms with Crippen LogP contribution in [-0.4, -0.2) is 96.7 Å². The van der Waals surface area contributed by atoms with E-state index in [-0.39, 0.29) is 25.7 Å². The van der Waals surface area contributed by atoms with Gasteiger partial charge in [-0.15, -0.1) is 0 Å². The minimum atomic E-state index is -4.96. The normalized spacial score (nSPS) is 13.9. The molecule has 0 aromatic rings. The van der Waals surface area contributed by atoms with Gasteiger partial charge < -0.3 is 33.8 Å². The number of unbranched alkanes of at least 4 members (excludes halogenated alkanes) is 49. The zero-order valence-corrected chi connectivity index (χ0v) is 68.9. The molecular formula is C83H162O17P2. The average Bonchev–Trinajstić information content (AvgIpc) is 0.922. The molecule has 0 aromatic heterocycles. The summed E-state index contributed by atoms with van der Waals surface area (Å²) in [5, 5.41) is 10.7. The van der Waals surface area contributed by atoms with Gasteiger partial charge in [0.15, 0.2) is 12.2 Å². The molecule has 5 atom stereocenters. The first-order valence-electron chi connectivity index (χ1n) is 42.8. The molecule has 17 nitrogen and oxygen atoms in total. The summed E-state index contributed by atoms with van der Waals surface area (Å²) in [5.41, 5.74) is 0. The van der Waals surface area contributed by atoms with Gasteiger partial charge in [-0.05, 0) is 43.4 Å². The highest BCUT2D eigenvalue weighted by atomic mass is 31.2. The van der Waals surface area contributed by atoms with Gasteiger partial charge in [0.25, 0.3) is 0 Å². The molecule has 0 spiro atoms. The highest BCUT2D eigenvalue weighted by molar-refractivity contribution is 7.47. The SMILES string of the molecule is CCCCCCCCCCCCCCCCCC(=O)OC[C@H](COP(=O)(O)OC[C@@H](O)COP(=O)(O)OC[C@@H](COC(=O)CCCCCCCCCCCCC(C)C)OC(=O)CCCCCCCCCCCCC(C)C)OC(=O)CCCCCCCCCCCCCCCCCCCCC(C)C. The van der Waals surface area contributed by atoms with Crippen LogP contribution < -0.4 is 0 Å². The van der Waals surface area contributed by atoms with E-state index in [2.05, 4.69) is 48.5 Å².